The van der Waals surface area contributed by atoms with Crippen LogP contribution in [0.2, 0.25) is 0 Å². The minimum atomic E-state index is -0.325. The molecule has 0 radical (unpaired) electrons. The second kappa shape index (κ2) is 9.05. The van der Waals surface area contributed by atoms with E-state index in [0.29, 0.717) is 29.4 Å². The summed E-state index contributed by atoms with van der Waals surface area (Å²) in [6.45, 7) is 4.35. The molecule has 2 N–H and O–H groups in total. The average molecular weight is 368 g/mol. The first-order chi connectivity index (χ1) is 13.2. The van der Waals surface area contributed by atoms with Crippen molar-refractivity contribution < 1.29 is 13.7 Å². The first-order valence-electron chi connectivity index (χ1n) is 8.86. The Balaban J connectivity index is 1.62. The predicted molar refractivity (Wildman–Crippen MR) is 101 cm³/mol. The van der Waals surface area contributed by atoms with Crippen molar-refractivity contribution in [2.45, 2.75) is 13.3 Å². The molecule has 0 spiro atoms. The fourth-order valence-electron chi connectivity index (χ4n) is 2.49. The molecule has 140 valence electrons. The van der Waals surface area contributed by atoms with Gasteiger partial charge in [0.05, 0.1) is 0 Å². The van der Waals surface area contributed by atoms with Crippen LogP contribution in [0, 0.1) is 5.82 Å². The van der Waals surface area contributed by atoms with Gasteiger partial charge in [0, 0.05) is 29.8 Å². The molecule has 1 amide bonds. The van der Waals surface area contributed by atoms with Crippen molar-refractivity contribution in [3.8, 4) is 22.8 Å². The summed E-state index contributed by atoms with van der Waals surface area (Å²) in [4.78, 5) is 16.4. The lowest BCUT2D eigenvalue weighted by molar-refractivity contribution is 0.0954. The van der Waals surface area contributed by atoms with Gasteiger partial charge in [-0.05, 0) is 49.4 Å². The lowest BCUT2D eigenvalue weighted by Crippen LogP contribution is -2.32. The summed E-state index contributed by atoms with van der Waals surface area (Å²) in [7, 11) is 0. The van der Waals surface area contributed by atoms with Gasteiger partial charge in [0.1, 0.15) is 5.82 Å². The van der Waals surface area contributed by atoms with Crippen LogP contribution in [0.5, 0.6) is 0 Å². The summed E-state index contributed by atoms with van der Waals surface area (Å²) in [6.07, 6.45) is 1.06. The molecule has 0 saturated heterocycles. The van der Waals surface area contributed by atoms with Crippen molar-refractivity contribution >= 4 is 5.91 Å². The number of benzene rings is 2. The highest BCUT2D eigenvalue weighted by atomic mass is 19.1. The Kier molecular flexibility index (Phi) is 6.27. The Bertz CT molecular complexity index is 876. The molecule has 0 aliphatic rings. The van der Waals surface area contributed by atoms with E-state index >= 15 is 0 Å². The summed E-state index contributed by atoms with van der Waals surface area (Å²) in [5.41, 5.74) is 1.94. The predicted octanol–water partition coefficient (Wildman–Crippen LogP) is 3.27. The van der Waals surface area contributed by atoms with Gasteiger partial charge >= 0.3 is 0 Å². The Morgan fingerprint density at radius 3 is 2.41 bits per heavy atom. The molecule has 2 aromatic carbocycles. The molecule has 6 nitrogen and oxygen atoms in total. The monoisotopic (exact) mass is 368 g/mol. The topological polar surface area (TPSA) is 80.0 Å². The van der Waals surface area contributed by atoms with Crippen molar-refractivity contribution in [2.75, 3.05) is 19.6 Å². The molecule has 3 aromatic rings. The summed E-state index contributed by atoms with van der Waals surface area (Å²) < 4.78 is 18.2. The van der Waals surface area contributed by atoms with E-state index in [2.05, 4.69) is 27.7 Å². The molecule has 0 atom stereocenters. The molecule has 1 heterocycles. The minimum Gasteiger partial charge on any atom is -0.351 e. The standard InChI is InChI=1S/C20H21FN4O2/c1-2-11-22-12-13-23-19(26)15-5-3-14(4-6-15)18-24-20(27-25-18)16-7-9-17(21)10-8-16/h3-10,22H,2,11-13H2,1H3,(H,23,26). The zero-order valence-electron chi connectivity index (χ0n) is 15.0. The van der Waals surface area contributed by atoms with Crippen LogP contribution in [0.3, 0.4) is 0 Å². The molecule has 0 bridgehead atoms. The Morgan fingerprint density at radius 1 is 1.00 bits per heavy atom. The average Bonchev–Trinajstić information content (AvgIpc) is 3.18. The van der Waals surface area contributed by atoms with Crippen LogP contribution in [0.4, 0.5) is 4.39 Å². The number of carbonyl (C=O) groups is 1. The van der Waals surface area contributed by atoms with Crippen LogP contribution in [-0.2, 0) is 0 Å². The number of carbonyl (C=O) groups excluding carboxylic acids is 1. The number of rotatable bonds is 8. The first kappa shape index (κ1) is 18.7. The molecule has 0 fully saturated rings. The molecular weight excluding hydrogens is 347 g/mol. The summed E-state index contributed by atoms with van der Waals surface area (Å²) in [5.74, 6) is 0.268. The molecule has 3 rings (SSSR count). The van der Waals surface area contributed by atoms with E-state index in [1.807, 2.05) is 0 Å². The summed E-state index contributed by atoms with van der Waals surface area (Å²) in [5, 5.41) is 10.0. The van der Waals surface area contributed by atoms with Crippen LogP contribution in [0.25, 0.3) is 22.8 Å². The highest BCUT2D eigenvalue weighted by molar-refractivity contribution is 5.94. The van der Waals surface area contributed by atoms with E-state index in [-0.39, 0.29) is 11.7 Å². The van der Waals surface area contributed by atoms with E-state index in [4.69, 9.17) is 4.52 Å². The normalized spacial score (nSPS) is 10.7. The molecule has 0 saturated carbocycles. The van der Waals surface area contributed by atoms with Crippen LogP contribution in [-0.4, -0.2) is 35.7 Å². The highest BCUT2D eigenvalue weighted by Gasteiger charge is 2.12. The molecule has 7 heteroatoms. The smallest absolute Gasteiger partial charge is 0.258 e. The zero-order valence-corrected chi connectivity index (χ0v) is 15.0. The van der Waals surface area contributed by atoms with Crippen molar-refractivity contribution in [1.29, 1.82) is 0 Å². The van der Waals surface area contributed by atoms with Crippen molar-refractivity contribution in [1.82, 2.24) is 20.8 Å². The molecule has 0 aliphatic carbocycles. The third kappa shape index (κ3) is 4.98. The summed E-state index contributed by atoms with van der Waals surface area (Å²) in [6, 6.07) is 12.8. The molecule has 0 unspecified atom stereocenters. The van der Waals surface area contributed by atoms with E-state index in [9.17, 15) is 9.18 Å². The maximum Gasteiger partial charge on any atom is 0.258 e. The van der Waals surface area contributed by atoms with Crippen molar-refractivity contribution in [3.05, 3.63) is 59.9 Å². The van der Waals surface area contributed by atoms with Gasteiger partial charge in [-0.1, -0.05) is 24.2 Å². The number of halogens is 1. The van der Waals surface area contributed by atoms with Gasteiger partial charge in [0.2, 0.25) is 5.82 Å². The van der Waals surface area contributed by atoms with Crippen LogP contribution < -0.4 is 10.6 Å². The molecule has 1 aromatic heterocycles. The number of amides is 1. The van der Waals surface area contributed by atoms with Crippen LogP contribution >= 0.6 is 0 Å². The minimum absolute atomic E-state index is 0.125. The van der Waals surface area contributed by atoms with Crippen LogP contribution in [0.15, 0.2) is 53.1 Å². The lowest BCUT2D eigenvalue weighted by atomic mass is 10.1. The number of hydrogen-bond acceptors (Lipinski definition) is 5. The van der Waals surface area contributed by atoms with Crippen molar-refractivity contribution in [2.24, 2.45) is 0 Å². The van der Waals surface area contributed by atoms with Gasteiger partial charge in [-0.15, -0.1) is 0 Å². The second-order valence-corrected chi connectivity index (χ2v) is 6.01. The van der Waals surface area contributed by atoms with Gasteiger partial charge in [0.15, 0.2) is 0 Å². The van der Waals surface area contributed by atoms with E-state index in [1.165, 1.54) is 12.1 Å². The number of hydrogen-bond donors (Lipinski definition) is 2. The zero-order chi connectivity index (χ0) is 19.1. The fraction of sp³-hybridized carbons (Fsp3) is 0.250. The van der Waals surface area contributed by atoms with E-state index in [0.717, 1.165) is 25.1 Å². The quantitative estimate of drug-likeness (QED) is 0.597. The second-order valence-electron chi connectivity index (χ2n) is 6.01. The summed E-state index contributed by atoms with van der Waals surface area (Å²) >= 11 is 0. The highest BCUT2D eigenvalue weighted by Crippen LogP contribution is 2.22. The van der Waals surface area contributed by atoms with Crippen molar-refractivity contribution in [3.63, 3.8) is 0 Å². The maximum atomic E-state index is 13.0. The molecule has 0 aliphatic heterocycles. The Hall–Kier alpha value is -3.06. The van der Waals surface area contributed by atoms with Gasteiger partial charge in [-0.2, -0.15) is 4.98 Å². The van der Waals surface area contributed by atoms with Gasteiger partial charge in [0.25, 0.3) is 11.8 Å². The third-order valence-corrected chi connectivity index (χ3v) is 3.94. The number of nitrogens with zero attached hydrogens (tertiary/aromatic N) is 2. The van der Waals surface area contributed by atoms with Gasteiger partial charge < -0.3 is 15.2 Å². The molecular formula is C20H21FN4O2. The third-order valence-electron chi connectivity index (χ3n) is 3.94. The number of aromatic nitrogens is 2. The first-order valence-corrected chi connectivity index (χ1v) is 8.86. The molecule has 27 heavy (non-hydrogen) atoms. The fourth-order valence-corrected chi connectivity index (χ4v) is 2.49. The van der Waals surface area contributed by atoms with Crippen LogP contribution in [0.1, 0.15) is 23.7 Å². The number of nitrogens with one attached hydrogen (secondary N) is 2. The Morgan fingerprint density at radius 2 is 1.70 bits per heavy atom. The SMILES string of the molecule is CCCNCCNC(=O)c1ccc(-c2noc(-c3ccc(F)cc3)n2)cc1. The maximum absolute atomic E-state index is 13.0. The largest absolute Gasteiger partial charge is 0.351 e. The van der Waals surface area contributed by atoms with E-state index < -0.39 is 0 Å². The van der Waals surface area contributed by atoms with E-state index in [1.54, 1.807) is 36.4 Å². The Labute approximate surface area is 156 Å². The lowest BCUT2D eigenvalue weighted by Gasteiger charge is -2.06. The van der Waals surface area contributed by atoms with Gasteiger partial charge in [-0.3, -0.25) is 4.79 Å². The van der Waals surface area contributed by atoms with Gasteiger partial charge in [-0.25, -0.2) is 4.39 Å².